The Hall–Kier alpha value is -3.51. The summed E-state index contributed by atoms with van der Waals surface area (Å²) in [7, 11) is 0. The summed E-state index contributed by atoms with van der Waals surface area (Å²) in [6, 6.07) is 3.91. The summed E-state index contributed by atoms with van der Waals surface area (Å²) < 4.78 is 0. The second-order valence-corrected chi connectivity index (χ2v) is 9.01. The quantitative estimate of drug-likeness (QED) is 0.134. The Labute approximate surface area is 216 Å². The van der Waals surface area contributed by atoms with Crippen LogP contribution >= 0.6 is 0 Å². The predicted molar refractivity (Wildman–Crippen MR) is 136 cm³/mol. The van der Waals surface area contributed by atoms with Crippen molar-refractivity contribution in [2.45, 2.75) is 76.5 Å². The molecule has 1 aromatic carbocycles. The fraction of sp³-hybridized carbons (Fsp3) is 0.560. The summed E-state index contributed by atoms with van der Waals surface area (Å²) >= 11 is 0. The zero-order valence-corrected chi connectivity index (χ0v) is 21.3. The van der Waals surface area contributed by atoms with E-state index in [-0.39, 0.29) is 6.42 Å². The lowest BCUT2D eigenvalue weighted by atomic mass is 9.98. The van der Waals surface area contributed by atoms with Gasteiger partial charge in [-0.1, -0.05) is 57.0 Å². The molecule has 3 amide bonds. The highest BCUT2D eigenvalue weighted by atomic mass is 16.4. The Balaban J connectivity index is 3.09. The molecule has 0 heterocycles. The van der Waals surface area contributed by atoms with Gasteiger partial charge in [0.25, 0.3) is 0 Å². The summed E-state index contributed by atoms with van der Waals surface area (Å²) in [5, 5.41) is 26.0. The second kappa shape index (κ2) is 16.3. The van der Waals surface area contributed by atoms with Gasteiger partial charge in [-0.3, -0.25) is 19.2 Å². The highest BCUT2D eigenvalue weighted by Crippen LogP contribution is 2.10. The zero-order chi connectivity index (χ0) is 28.0. The first-order chi connectivity index (χ1) is 17.5. The van der Waals surface area contributed by atoms with E-state index in [1.807, 2.05) is 0 Å². The summed E-state index contributed by atoms with van der Waals surface area (Å²) in [6.07, 6.45) is 1.40. The van der Waals surface area contributed by atoms with Crippen molar-refractivity contribution >= 4 is 29.7 Å². The van der Waals surface area contributed by atoms with Crippen LogP contribution in [0.1, 0.15) is 51.5 Å². The van der Waals surface area contributed by atoms with Crippen molar-refractivity contribution in [2.75, 3.05) is 6.54 Å². The Morgan fingerprint density at radius 3 is 2.03 bits per heavy atom. The highest BCUT2D eigenvalue weighted by molar-refractivity contribution is 5.95. The molecule has 1 rings (SSSR count). The first kappa shape index (κ1) is 31.5. The van der Waals surface area contributed by atoms with Gasteiger partial charge in [0.2, 0.25) is 17.7 Å². The number of nitrogens with two attached hydrogens (primary N) is 2. The Kier molecular flexibility index (Phi) is 13.9. The molecular formula is C25H39N5O7. The number of unbranched alkanes of at least 4 members (excludes halogenated alkanes) is 1. The maximum absolute atomic E-state index is 13.2. The molecule has 0 bridgehead atoms. The molecule has 12 heteroatoms. The third kappa shape index (κ3) is 11.4. The number of benzene rings is 1. The predicted octanol–water partition coefficient (Wildman–Crippen LogP) is -0.255. The van der Waals surface area contributed by atoms with Gasteiger partial charge >= 0.3 is 11.9 Å². The van der Waals surface area contributed by atoms with Crippen LogP contribution in [0, 0.1) is 5.92 Å². The topological polar surface area (TPSA) is 214 Å². The van der Waals surface area contributed by atoms with Gasteiger partial charge in [-0.05, 0) is 30.9 Å². The molecule has 0 fully saturated rings. The number of rotatable bonds is 17. The number of carbonyl (C=O) groups is 5. The molecule has 0 aliphatic carbocycles. The molecule has 1 aromatic rings. The lowest BCUT2D eigenvalue weighted by molar-refractivity contribution is -0.144. The summed E-state index contributed by atoms with van der Waals surface area (Å²) in [5.41, 5.74) is 12.1. The van der Waals surface area contributed by atoms with E-state index in [1.54, 1.807) is 44.2 Å². The van der Waals surface area contributed by atoms with Crippen LogP contribution in [0.4, 0.5) is 0 Å². The van der Waals surface area contributed by atoms with Crippen LogP contribution in [-0.4, -0.2) is 70.6 Å². The number of amides is 3. The summed E-state index contributed by atoms with van der Waals surface area (Å²) in [6.45, 7) is 3.84. The molecule has 5 unspecified atom stereocenters. The molecule has 12 nitrogen and oxygen atoms in total. The molecule has 0 aliphatic heterocycles. The summed E-state index contributed by atoms with van der Waals surface area (Å²) in [5.74, 6) is -5.42. The molecule has 206 valence electrons. The van der Waals surface area contributed by atoms with Crippen LogP contribution in [0.5, 0.6) is 0 Å². The third-order valence-electron chi connectivity index (χ3n) is 6.01. The number of aliphatic carboxylic acids is 2. The molecule has 5 atom stereocenters. The number of carboxylic acid groups (broad SMARTS) is 2. The van der Waals surface area contributed by atoms with E-state index in [0.29, 0.717) is 37.8 Å². The van der Waals surface area contributed by atoms with Crippen LogP contribution in [-0.2, 0) is 30.4 Å². The molecule has 0 aromatic heterocycles. The zero-order valence-electron chi connectivity index (χ0n) is 21.3. The number of carbonyl (C=O) groups excluding carboxylic acids is 3. The lowest BCUT2D eigenvalue weighted by Gasteiger charge is -2.26. The van der Waals surface area contributed by atoms with Crippen LogP contribution in [0.3, 0.4) is 0 Å². The Bertz CT molecular complexity index is 912. The fourth-order valence-electron chi connectivity index (χ4n) is 3.57. The van der Waals surface area contributed by atoms with Gasteiger partial charge in [0.05, 0.1) is 12.5 Å². The minimum Gasteiger partial charge on any atom is -0.481 e. The van der Waals surface area contributed by atoms with Crippen molar-refractivity contribution in [1.82, 2.24) is 16.0 Å². The van der Waals surface area contributed by atoms with Gasteiger partial charge in [0.1, 0.15) is 18.1 Å². The minimum absolute atomic E-state index is 0.0555. The van der Waals surface area contributed by atoms with Crippen molar-refractivity contribution < 1.29 is 34.2 Å². The van der Waals surface area contributed by atoms with Crippen molar-refractivity contribution in [1.29, 1.82) is 0 Å². The summed E-state index contributed by atoms with van der Waals surface area (Å²) in [4.78, 5) is 61.7. The van der Waals surface area contributed by atoms with Gasteiger partial charge in [-0.15, -0.1) is 0 Å². The van der Waals surface area contributed by atoms with Crippen molar-refractivity contribution in [3.63, 3.8) is 0 Å². The average molecular weight is 522 g/mol. The van der Waals surface area contributed by atoms with E-state index in [9.17, 15) is 34.2 Å². The van der Waals surface area contributed by atoms with E-state index in [4.69, 9.17) is 11.5 Å². The van der Waals surface area contributed by atoms with E-state index >= 15 is 0 Å². The molecule has 0 aliphatic rings. The van der Waals surface area contributed by atoms with Crippen LogP contribution in [0.15, 0.2) is 30.3 Å². The normalized spacial score (nSPS) is 14.9. The van der Waals surface area contributed by atoms with Crippen molar-refractivity contribution in [2.24, 2.45) is 17.4 Å². The standard InChI is InChI=1S/C25H39N5O7/c1-3-15(2)21(25(36)37)30-24(35)19(14-20(31)32)29-23(34)18(13-16-9-5-4-6-10-16)28-22(33)17(27)11-7-8-12-26/h4-6,9-10,15,17-19,21H,3,7-8,11-14,26-27H2,1-2H3,(H,28,33)(H,29,34)(H,30,35)(H,31,32)(H,36,37). The fourth-order valence-corrected chi connectivity index (χ4v) is 3.57. The number of carboxylic acids is 2. The number of nitrogens with one attached hydrogen (secondary N) is 3. The van der Waals surface area contributed by atoms with Crippen molar-refractivity contribution in [3.05, 3.63) is 35.9 Å². The third-order valence-corrected chi connectivity index (χ3v) is 6.01. The first-order valence-electron chi connectivity index (χ1n) is 12.3. The van der Waals surface area contributed by atoms with Crippen LogP contribution < -0.4 is 27.4 Å². The molecule has 0 spiro atoms. The van der Waals surface area contributed by atoms with Crippen LogP contribution in [0.2, 0.25) is 0 Å². The highest BCUT2D eigenvalue weighted by Gasteiger charge is 2.33. The van der Waals surface area contributed by atoms with E-state index in [0.717, 1.165) is 0 Å². The molecular weight excluding hydrogens is 482 g/mol. The van der Waals surface area contributed by atoms with E-state index in [2.05, 4.69) is 16.0 Å². The molecule has 0 saturated heterocycles. The number of hydrogen-bond acceptors (Lipinski definition) is 7. The SMILES string of the molecule is CCC(C)C(NC(=O)C(CC(=O)O)NC(=O)C(Cc1ccccc1)NC(=O)C(N)CCCCN)C(=O)O. The minimum atomic E-state index is -1.57. The first-order valence-corrected chi connectivity index (χ1v) is 12.3. The second-order valence-electron chi connectivity index (χ2n) is 9.01. The van der Waals surface area contributed by atoms with E-state index in [1.165, 1.54) is 0 Å². The van der Waals surface area contributed by atoms with Gasteiger partial charge < -0.3 is 37.6 Å². The Morgan fingerprint density at radius 2 is 1.49 bits per heavy atom. The lowest BCUT2D eigenvalue weighted by Crippen LogP contribution is -2.58. The number of hydrogen-bond donors (Lipinski definition) is 7. The maximum Gasteiger partial charge on any atom is 0.326 e. The molecule has 37 heavy (non-hydrogen) atoms. The molecule has 9 N–H and O–H groups in total. The van der Waals surface area contributed by atoms with Gasteiger partial charge in [-0.2, -0.15) is 0 Å². The monoisotopic (exact) mass is 521 g/mol. The Morgan fingerprint density at radius 1 is 0.892 bits per heavy atom. The molecule has 0 radical (unpaired) electrons. The molecule has 0 saturated carbocycles. The van der Waals surface area contributed by atoms with E-state index < -0.39 is 66.2 Å². The van der Waals surface area contributed by atoms with Crippen molar-refractivity contribution in [3.8, 4) is 0 Å². The average Bonchev–Trinajstić information content (AvgIpc) is 2.85. The smallest absolute Gasteiger partial charge is 0.326 e. The van der Waals surface area contributed by atoms with Gasteiger partial charge in [-0.25, -0.2) is 4.79 Å². The maximum atomic E-state index is 13.2. The van der Waals surface area contributed by atoms with Crippen LogP contribution in [0.25, 0.3) is 0 Å². The van der Waals surface area contributed by atoms with Gasteiger partial charge in [0, 0.05) is 6.42 Å². The van der Waals surface area contributed by atoms with Gasteiger partial charge in [0.15, 0.2) is 0 Å². The largest absolute Gasteiger partial charge is 0.481 e.